The second-order valence-corrected chi connectivity index (χ2v) is 6.99. The molecule has 0 amide bonds. The van der Waals surface area contributed by atoms with Gasteiger partial charge in [0.25, 0.3) is 0 Å². The molecule has 0 atom stereocenters. The predicted octanol–water partition coefficient (Wildman–Crippen LogP) is 4.27. The molecule has 1 aliphatic heterocycles. The van der Waals surface area contributed by atoms with Crippen LogP contribution in [-0.4, -0.2) is 33.4 Å². The van der Waals surface area contributed by atoms with E-state index in [0.717, 1.165) is 17.8 Å². The van der Waals surface area contributed by atoms with E-state index in [0.29, 0.717) is 53.4 Å². The van der Waals surface area contributed by atoms with E-state index in [1.54, 1.807) is 12.3 Å². The summed E-state index contributed by atoms with van der Waals surface area (Å²) in [6, 6.07) is 12.9. The molecule has 0 aliphatic carbocycles. The summed E-state index contributed by atoms with van der Waals surface area (Å²) >= 11 is 0. The summed E-state index contributed by atoms with van der Waals surface area (Å²) in [6.07, 6.45) is 1.63. The van der Waals surface area contributed by atoms with Gasteiger partial charge in [-0.15, -0.1) is 5.10 Å². The SMILES string of the molecule is Fc1ccc(CNc2ncccc2-c2nc(Nc3ccc4c(c3)OCCO4)n[nH]2)cc1F. The van der Waals surface area contributed by atoms with Gasteiger partial charge in [0.2, 0.25) is 5.95 Å². The summed E-state index contributed by atoms with van der Waals surface area (Å²) in [5, 5.41) is 13.4. The lowest BCUT2D eigenvalue weighted by Crippen LogP contribution is -2.15. The molecule has 0 saturated heterocycles. The van der Waals surface area contributed by atoms with E-state index < -0.39 is 11.6 Å². The van der Waals surface area contributed by atoms with E-state index in [1.165, 1.54) is 6.07 Å². The first kappa shape index (κ1) is 19.7. The molecule has 2 aromatic carbocycles. The van der Waals surface area contributed by atoms with Crippen LogP contribution in [0.2, 0.25) is 0 Å². The van der Waals surface area contributed by atoms with Gasteiger partial charge in [-0.2, -0.15) is 4.98 Å². The Bertz CT molecular complexity index is 1260. The minimum absolute atomic E-state index is 0.262. The molecule has 0 spiro atoms. The number of H-pyrrole nitrogens is 1. The maximum Gasteiger partial charge on any atom is 0.246 e. The molecule has 10 heteroatoms. The summed E-state index contributed by atoms with van der Waals surface area (Å²) in [7, 11) is 0. The van der Waals surface area contributed by atoms with Crippen molar-refractivity contribution in [1.29, 1.82) is 0 Å². The normalized spacial score (nSPS) is 12.4. The summed E-state index contributed by atoms with van der Waals surface area (Å²) in [4.78, 5) is 8.82. The fourth-order valence-electron chi connectivity index (χ4n) is 3.26. The minimum Gasteiger partial charge on any atom is -0.486 e. The highest BCUT2D eigenvalue weighted by atomic mass is 19.2. The van der Waals surface area contributed by atoms with Crippen molar-refractivity contribution in [1.82, 2.24) is 20.2 Å². The summed E-state index contributed by atoms with van der Waals surface area (Å²) < 4.78 is 37.7. The predicted molar refractivity (Wildman–Crippen MR) is 114 cm³/mol. The third kappa shape index (κ3) is 4.15. The largest absolute Gasteiger partial charge is 0.486 e. The van der Waals surface area contributed by atoms with E-state index in [1.807, 2.05) is 24.3 Å². The van der Waals surface area contributed by atoms with E-state index >= 15 is 0 Å². The summed E-state index contributed by atoms with van der Waals surface area (Å²) in [5.41, 5.74) is 2.01. The van der Waals surface area contributed by atoms with Crippen LogP contribution in [-0.2, 0) is 6.54 Å². The molecule has 0 fully saturated rings. The first-order chi connectivity index (χ1) is 15.7. The number of halogens is 2. The number of anilines is 3. The number of hydrogen-bond donors (Lipinski definition) is 3. The van der Waals surface area contributed by atoms with Crippen molar-refractivity contribution in [2.45, 2.75) is 6.54 Å². The Kier molecular flexibility index (Phi) is 5.24. The van der Waals surface area contributed by atoms with Gasteiger partial charge < -0.3 is 20.1 Å². The van der Waals surface area contributed by atoms with E-state index in [-0.39, 0.29) is 6.54 Å². The van der Waals surface area contributed by atoms with Crippen LogP contribution in [0, 0.1) is 11.6 Å². The molecule has 162 valence electrons. The van der Waals surface area contributed by atoms with Crippen LogP contribution in [0.5, 0.6) is 11.5 Å². The lowest BCUT2D eigenvalue weighted by atomic mass is 10.2. The lowest BCUT2D eigenvalue weighted by molar-refractivity contribution is 0.171. The molecule has 0 radical (unpaired) electrons. The van der Waals surface area contributed by atoms with Crippen LogP contribution in [0.4, 0.5) is 26.2 Å². The third-order valence-electron chi connectivity index (χ3n) is 4.79. The van der Waals surface area contributed by atoms with E-state index in [9.17, 15) is 8.78 Å². The van der Waals surface area contributed by atoms with Gasteiger partial charge >= 0.3 is 0 Å². The van der Waals surface area contributed by atoms with Gasteiger partial charge in [-0.05, 0) is 42.0 Å². The Labute approximate surface area is 181 Å². The number of aromatic nitrogens is 4. The lowest BCUT2D eigenvalue weighted by Gasteiger charge is -2.18. The zero-order valence-corrected chi connectivity index (χ0v) is 16.7. The van der Waals surface area contributed by atoms with Crippen LogP contribution in [0.1, 0.15) is 5.56 Å². The molecule has 32 heavy (non-hydrogen) atoms. The van der Waals surface area contributed by atoms with E-state index in [2.05, 4.69) is 30.8 Å². The van der Waals surface area contributed by atoms with Crippen molar-refractivity contribution in [3.63, 3.8) is 0 Å². The highest BCUT2D eigenvalue weighted by Gasteiger charge is 2.14. The number of aromatic amines is 1. The Morgan fingerprint density at radius 1 is 0.969 bits per heavy atom. The van der Waals surface area contributed by atoms with Crippen LogP contribution in [0.15, 0.2) is 54.7 Å². The van der Waals surface area contributed by atoms with Crippen molar-refractivity contribution in [3.05, 3.63) is 71.9 Å². The van der Waals surface area contributed by atoms with E-state index in [4.69, 9.17) is 9.47 Å². The fraction of sp³-hybridized carbons (Fsp3) is 0.136. The standard InChI is InChI=1S/C22H18F2N6O2/c23-16-5-3-13(10-17(16)24)12-26-20-15(2-1-7-25-20)21-28-22(30-29-21)27-14-4-6-18-19(11-14)32-9-8-31-18/h1-7,10-11H,8-9,12H2,(H,25,26)(H2,27,28,29,30). The number of nitrogens with one attached hydrogen (secondary N) is 3. The molecule has 0 unspecified atom stereocenters. The van der Waals surface area contributed by atoms with Crippen LogP contribution < -0.4 is 20.1 Å². The number of rotatable bonds is 6. The molecule has 5 rings (SSSR count). The summed E-state index contributed by atoms with van der Waals surface area (Å²) in [5.74, 6) is 0.970. The number of benzene rings is 2. The zero-order valence-electron chi connectivity index (χ0n) is 16.7. The molecule has 1 aliphatic rings. The number of pyridine rings is 1. The zero-order chi connectivity index (χ0) is 21.9. The Hall–Kier alpha value is -4.21. The van der Waals surface area contributed by atoms with Crippen molar-refractivity contribution in [2.75, 3.05) is 23.8 Å². The topological polar surface area (TPSA) is 97.0 Å². The molecule has 0 saturated carbocycles. The Morgan fingerprint density at radius 2 is 1.84 bits per heavy atom. The maximum atomic E-state index is 13.5. The van der Waals surface area contributed by atoms with Gasteiger partial charge in [0.15, 0.2) is 29.0 Å². The highest BCUT2D eigenvalue weighted by molar-refractivity contribution is 5.71. The number of ether oxygens (including phenoxy) is 2. The highest BCUT2D eigenvalue weighted by Crippen LogP contribution is 2.33. The van der Waals surface area contributed by atoms with Gasteiger partial charge in [0, 0.05) is 24.5 Å². The fourth-order valence-corrected chi connectivity index (χ4v) is 3.26. The molecule has 2 aromatic heterocycles. The second-order valence-electron chi connectivity index (χ2n) is 6.99. The van der Waals surface area contributed by atoms with Gasteiger partial charge in [0.1, 0.15) is 19.0 Å². The van der Waals surface area contributed by atoms with Gasteiger partial charge in [-0.1, -0.05) is 6.07 Å². The number of fused-ring (bicyclic) bond motifs is 1. The first-order valence-electron chi connectivity index (χ1n) is 9.88. The van der Waals surface area contributed by atoms with Crippen LogP contribution >= 0.6 is 0 Å². The van der Waals surface area contributed by atoms with Crippen molar-refractivity contribution in [2.24, 2.45) is 0 Å². The Morgan fingerprint density at radius 3 is 2.72 bits per heavy atom. The van der Waals surface area contributed by atoms with Gasteiger partial charge in [-0.25, -0.2) is 13.8 Å². The van der Waals surface area contributed by atoms with Crippen LogP contribution in [0.3, 0.4) is 0 Å². The molecule has 0 bridgehead atoms. The Balaban J connectivity index is 1.32. The molecule has 8 nitrogen and oxygen atoms in total. The maximum absolute atomic E-state index is 13.5. The quantitative estimate of drug-likeness (QED) is 0.415. The molecular formula is C22H18F2N6O2. The third-order valence-corrected chi connectivity index (χ3v) is 4.79. The summed E-state index contributed by atoms with van der Waals surface area (Å²) in [6.45, 7) is 1.29. The van der Waals surface area contributed by atoms with Gasteiger partial charge in [0.05, 0.1) is 5.56 Å². The molecular weight excluding hydrogens is 418 g/mol. The minimum atomic E-state index is -0.893. The number of hydrogen-bond acceptors (Lipinski definition) is 7. The monoisotopic (exact) mass is 436 g/mol. The van der Waals surface area contributed by atoms with Crippen molar-refractivity contribution < 1.29 is 18.3 Å². The van der Waals surface area contributed by atoms with Crippen LogP contribution in [0.25, 0.3) is 11.4 Å². The first-order valence-corrected chi connectivity index (χ1v) is 9.88. The van der Waals surface area contributed by atoms with Crippen molar-refractivity contribution >= 4 is 17.5 Å². The average Bonchev–Trinajstić information content (AvgIpc) is 3.28. The average molecular weight is 436 g/mol. The number of nitrogens with zero attached hydrogens (tertiary/aromatic N) is 3. The molecule has 4 aromatic rings. The smallest absolute Gasteiger partial charge is 0.246 e. The van der Waals surface area contributed by atoms with Crippen molar-refractivity contribution in [3.8, 4) is 22.9 Å². The molecule has 3 N–H and O–H groups in total. The van der Waals surface area contributed by atoms with Gasteiger partial charge in [-0.3, -0.25) is 5.10 Å². The second kappa shape index (κ2) is 8.50. The molecule has 3 heterocycles.